The van der Waals surface area contributed by atoms with Crippen LogP contribution in [0.2, 0.25) is 0 Å². The summed E-state index contributed by atoms with van der Waals surface area (Å²) in [7, 11) is 1.51. The summed E-state index contributed by atoms with van der Waals surface area (Å²) in [6, 6.07) is 14.8. The number of aryl methyl sites for hydroxylation is 2. The van der Waals surface area contributed by atoms with Gasteiger partial charge in [-0.1, -0.05) is 6.07 Å². The van der Waals surface area contributed by atoms with Crippen LogP contribution in [0.25, 0.3) is 6.08 Å². The van der Waals surface area contributed by atoms with Crippen LogP contribution in [-0.4, -0.2) is 44.8 Å². The van der Waals surface area contributed by atoms with Crippen molar-refractivity contribution in [1.29, 1.82) is 0 Å². The normalized spacial score (nSPS) is 14.3. The molecule has 4 rings (SSSR count). The molecule has 1 N–H and O–H groups in total. The number of urea groups is 1. The van der Waals surface area contributed by atoms with Gasteiger partial charge in [0.15, 0.2) is 11.5 Å². The Hall–Kier alpha value is -4.31. The third-order valence-electron chi connectivity index (χ3n) is 6.15. The van der Waals surface area contributed by atoms with Crippen molar-refractivity contribution >= 4 is 45.5 Å². The van der Waals surface area contributed by atoms with E-state index in [2.05, 4.69) is 21.2 Å². The molecule has 9 nitrogen and oxygen atoms in total. The van der Waals surface area contributed by atoms with Gasteiger partial charge in [-0.05, 0) is 108 Å². The number of ether oxygens (including phenoxy) is 4. The Morgan fingerprint density at radius 2 is 1.57 bits per heavy atom. The quantitative estimate of drug-likeness (QED) is 0.181. The summed E-state index contributed by atoms with van der Waals surface area (Å²) in [6.07, 6.45) is 1.40. The molecule has 0 radical (unpaired) electrons. The average molecular weight is 609 g/mol. The summed E-state index contributed by atoms with van der Waals surface area (Å²) in [4.78, 5) is 39.3. The fourth-order valence-electron chi connectivity index (χ4n) is 3.97. The minimum absolute atomic E-state index is 0.208. The predicted octanol–water partition coefficient (Wildman–Crippen LogP) is 5.60. The topological polar surface area (TPSA) is 103 Å². The number of hydrogen-bond donors (Lipinski definition) is 1. The molecule has 0 atom stereocenters. The lowest BCUT2D eigenvalue weighted by molar-refractivity contribution is -0.122. The molecule has 0 aromatic heterocycles. The number of carbonyl (C=O) groups is 3. The molecule has 1 heterocycles. The zero-order valence-corrected chi connectivity index (χ0v) is 24.2. The second kappa shape index (κ2) is 12.7. The molecule has 1 fully saturated rings. The minimum atomic E-state index is -0.833. The molecule has 1 saturated heterocycles. The first-order chi connectivity index (χ1) is 19.2. The number of amides is 4. The molecule has 0 spiro atoms. The highest BCUT2D eigenvalue weighted by molar-refractivity contribution is 9.10. The van der Waals surface area contributed by atoms with Gasteiger partial charge in [0, 0.05) is 0 Å². The van der Waals surface area contributed by atoms with Crippen molar-refractivity contribution in [3.05, 3.63) is 81.3 Å². The summed E-state index contributed by atoms with van der Waals surface area (Å²) in [5, 5.41) is 2.22. The monoisotopic (exact) mass is 608 g/mol. The van der Waals surface area contributed by atoms with Gasteiger partial charge in [-0.3, -0.25) is 14.9 Å². The van der Waals surface area contributed by atoms with E-state index >= 15 is 0 Å². The van der Waals surface area contributed by atoms with Crippen LogP contribution in [0.15, 0.2) is 64.6 Å². The van der Waals surface area contributed by atoms with Crippen LogP contribution in [0.4, 0.5) is 10.5 Å². The number of anilines is 1. The van der Waals surface area contributed by atoms with Crippen molar-refractivity contribution in [3.63, 3.8) is 0 Å². The lowest BCUT2D eigenvalue weighted by Gasteiger charge is -2.26. The van der Waals surface area contributed by atoms with Crippen molar-refractivity contribution in [2.24, 2.45) is 0 Å². The van der Waals surface area contributed by atoms with Crippen LogP contribution in [0.1, 0.15) is 23.6 Å². The van der Waals surface area contributed by atoms with Crippen LogP contribution in [0, 0.1) is 13.8 Å². The van der Waals surface area contributed by atoms with Crippen LogP contribution >= 0.6 is 15.9 Å². The molecular weight excluding hydrogens is 580 g/mol. The van der Waals surface area contributed by atoms with Gasteiger partial charge < -0.3 is 18.9 Å². The fourth-order valence-corrected chi connectivity index (χ4v) is 4.55. The zero-order chi connectivity index (χ0) is 28.8. The molecule has 1 aliphatic heterocycles. The van der Waals surface area contributed by atoms with Crippen LogP contribution in [0.3, 0.4) is 0 Å². The number of barbiturate groups is 1. The lowest BCUT2D eigenvalue weighted by atomic mass is 10.1. The number of nitrogens with zero attached hydrogens (tertiary/aromatic N) is 1. The zero-order valence-electron chi connectivity index (χ0n) is 22.6. The number of rotatable bonds is 10. The van der Waals surface area contributed by atoms with Gasteiger partial charge >= 0.3 is 6.03 Å². The first-order valence-electron chi connectivity index (χ1n) is 12.6. The van der Waals surface area contributed by atoms with Crippen LogP contribution < -0.4 is 29.2 Å². The predicted molar refractivity (Wildman–Crippen MR) is 154 cm³/mol. The van der Waals surface area contributed by atoms with Crippen LogP contribution in [0.5, 0.6) is 23.0 Å². The van der Waals surface area contributed by atoms with E-state index in [1.165, 1.54) is 18.7 Å². The Balaban J connectivity index is 1.54. The van der Waals surface area contributed by atoms with Crippen molar-refractivity contribution in [3.8, 4) is 23.0 Å². The number of halogens is 1. The standard InChI is InChI=1S/C30H29BrN2O7/c1-5-38-26-17-20(16-25(31)27(26)40-13-12-39-23-9-6-18(2)19(3)14-23)15-24-28(34)32-30(36)33(29(24)35)21-7-10-22(37-4)11-8-21/h6-11,14-17H,5,12-13H2,1-4H3,(H,32,34,36)/b24-15-. The summed E-state index contributed by atoms with van der Waals surface area (Å²) in [5.74, 6) is 0.654. The molecule has 208 valence electrons. The molecule has 0 saturated carbocycles. The van der Waals surface area contributed by atoms with Gasteiger partial charge in [-0.25, -0.2) is 9.69 Å². The Labute approximate surface area is 240 Å². The highest BCUT2D eigenvalue weighted by atomic mass is 79.9. The van der Waals surface area contributed by atoms with Gasteiger partial charge in [0.05, 0.1) is 23.9 Å². The second-order valence-electron chi connectivity index (χ2n) is 8.86. The fraction of sp³-hybridized carbons (Fsp3) is 0.233. The maximum Gasteiger partial charge on any atom is 0.335 e. The van der Waals surface area contributed by atoms with Gasteiger partial charge in [0.25, 0.3) is 11.8 Å². The van der Waals surface area contributed by atoms with E-state index in [-0.39, 0.29) is 12.2 Å². The molecule has 0 unspecified atom stereocenters. The smallest absolute Gasteiger partial charge is 0.335 e. The lowest BCUT2D eigenvalue weighted by Crippen LogP contribution is -2.54. The number of benzene rings is 3. The third-order valence-corrected chi connectivity index (χ3v) is 6.74. The van der Waals surface area contributed by atoms with E-state index in [0.29, 0.717) is 46.2 Å². The Bertz CT molecular complexity index is 1470. The Morgan fingerprint density at radius 1 is 0.875 bits per heavy atom. The number of hydrogen-bond acceptors (Lipinski definition) is 7. The molecule has 1 aliphatic rings. The molecule has 3 aromatic carbocycles. The summed E-state index contributed by atoms with van der Waals surface area (Å²) in [5.41, 5.74) is 2.92. The number of carbonyl (C=O) groups excluding carboxylic acids is 3. The van der Waals surface area contributed by atoms with Crippen molar-refractivity contribution in [1.82, 2.24) is 5.32 Å². The van der Waals surface area contributed by atoms with Crippen LogP contribution in [-0.2, 0) is 9.59 Å². The van der Waals surface area contributed by atoms with E-state index in [1.807, 2.05) is 39.0 Å². The van der Waals surface area contributed by atoms with E-state index < -0.39 is 17.8 Å². The van der Waals surface area contributed by atoms with Gasteiger partial charge in [0.2, 0.25) is 0 Å². The molecule has 4 amide bonds. The van der Waals surface area contributed by atoms with Crippen molar-refractivity contribution in [2.75, 3.05) is 31.8 Å². The highest BCUT2D eigenvalue weighted by Crippen LogP contribution is 2.38. The van der Waals surface area contributed by atoms with Crippen molar-refractivity contribution < 1.29 is 33.3 Å². The number of nitrogens with one attached hydrogen (secondary N) is 1. The Kier molecular flexibility index (Phi) is 9.11. The largest absolute Gasteiger partial charge is 0.497 e. The van der Waals surface area contributed by atoms with Gasteiger partial charge in [-0.15, -0.1) is 0 Å². The minimum Gasteiger partial charge on any atom is -0.497 e. The van der Waals surface area contributed by atoms with Crippen molar-refractivity contribution in [2.45, 2.75) is 20.8 Å². The average Bonchev–Trinajstić information content (AvgIpc) is 2.92. The van der Waals surface area contributed by atoms with E-state index in [0.717, 1.165) is 16.2 Å². The first-order valence-corrected chi connectivity index (χ1v) is 13.4. The third kappa shape index (κ3) is 6.45. The van der Waals surface area contributed by atoms with Gasteiger partial charge in [-0.2, -0.15) is 0 Å². The maximum atomic E-state index is 13.3. The molecular formula is C30H29BrN2O7. The molecule has 3 aromatic rings. The SMILES string of the molecule is CCOc1cc(/C=C2/C(=O)NC(=O)N(c3ccc(OC)cc3)C2=O)cc(Br)c1OCCOc1ccc(C)c(C)c1. The summed E-state index contributed by atoms with van der Waals surface area (Å²) >= 11 is 3.51. The number of methoxy groups -OCH3 is 1. The first kappa shape index (κ1) is 28.7. The second-order valence-corrected chi connectivity index (χ2v) is 9.72. The highest BCUT2D eigenvalue weighted by Gasteiger charge is 2.37. The summed E-state index contributed by atoms with van der Waals surface area (Å²) < 4.78 is 23.3. The Morgan fingerprint density at radius 3 is 2.25 bits per heavy atom. The molecule has 0 aliphatic carbocycles. The summed E-state index contributed by atoms with van der Waals surface area (Å²) in [6.45, 7) is 6.84. The van der Waals surface area contributed by atoms with E-state index in [9.17, 15) is 14.4 Å². The number of imide groups is 2. The van der Waals surface area contributed by atoms with E-state index in [4.69, 9.17) is 18.9 Å². The molecule has 40 heavy (non-hydrogen) atoms. The molecule has 0 bridgehead atoms. The molecule has 10 heteroatoms. The van der Waals surface area contributed by atoms with Gasteiger partial charge in [0.1, 0.15) is 30.3 Å². The van der Waals surface area contributed by atoms with E-state index in [1.54, 1.807) is 36.4 Å². The maximum absolute atomic E-state index is 13.3.